The van der Waals surface area contributed by atoms with Crippen molar-refractivity contribution in [3.05, 3.63) is 93.9 Å². The zero-order valence-corrected chi connectivity index (χ0v) is 19.0. The van der Waals surface area contributed by atoms with Crippen molar-refractivity contribution in [3.8, 4) is 11.7 Å². The number of ether oxygens (including phenoxy) is 1. The first-order chi connectivity index (χ1) is 17.0. The van der Waals surface area contributed by atoms with Crippen molar-refractivity contribution in [1.29, 1.82) is 5.41 Å². The van der Waals surface area contributed by atoms with Crippen LogP contribution in [0.25, 0.3) is 5.95 Å². The summed E-state index contributed by atoms with van der Waals surface area (Å²) in [7, 11) is 0. The fourth-order valence-corrected chi connectivity index (χ4v) is 3.53. The summed E-state index contributed by atoms with van der Waals surface area (Å²) in [5.74, 6) is 0.940. The van der Waals surface area contributed by atoms with Crippen molar-refractivity contribution >= 4 is 11.5 Å². The summed E-state index contributed by atoms with van der Waals surface area (Å²) >= 11 is 0. The van der Waals surface area contributed by atoms with Crippen LogP contribution in [-0.2, 0) is 6.42 Å². The van der Waals surface area contributed by atoms with E-state index in [-0.39, 0.29) is 18.4 Å². The molecule has 5 N–H and O–H groups in total. The first-order valence-corrected chi connectivity index (χ1v) is 11.0. The lowest BCUT2D eigenvalue weighted by molar-refractivity contribution is 0.273. The number of hydrogen-bond acceptors (Lipinski definition) is 7. The van der Waals surface area contributed by atoms with Gasteiger partial charge in [0.15, 0.2) is 5.82 Å². The van der Waals surface area contributed by atoms with Gasteiger partial charge in [0, 0.05) is 23.6 Å². The second-order valence-electron chi connectivity index (χ2n) is 7.65. The number of nitrogen functional groups attached to an aromatic ring is 1. The monoisotopic (exact) mass is 476 g/mol. The molecule has 0 fully saturated rings. The zero-order valence-electron chi connectivity index (χ0n) is 19.0. The number of aryl methyl sites for hydroxylation is 1. The lowest BCUT2D eigenvalue weighted by atomic mass is 10.0. The number of nitrogens with two attached hydrogens (primary N) is 1. The molecule has 0 saturated carbocycles. The second-order valence-corrected chi connectivity index (χ2v) is 7.65. The van der Waals surface area contributed by atoms with Gasteiger partial charge >= 0.3 is 5.69 Å². The molecule has 2 heterocycles. The molecule has 0 radical (unpaired) electrons. The lowest BCUT2D eigenvalue weighted by Crippen LogP contribution is -2.18. The summed E-state index contributed by atoms with van der Waals surface area (Å²) in [6.45, 7) is 1.34. The van der Waals surface area contributed by atoms with Gasteiger partial charge in [-0.25, -0.2) is 19.2 Å². The quantitative estimate of drug-likeness (QED) is 0.203. The van der Waals surface area contributed by atoms with E-state index in [0.29, 0.717) is 22.8 Å². The van der Waals surface area contributed by atoms with Crippen molar-refractivity contribution in [3.63, 3.8) is 0 Å². The van der Waals surface area contributed by atoms with E-state index in [9.17, 15) is 9.18 Å². The number of anilines is 1. The predicted molar refractivity (Wildman–Crippen MR) is 130 cm³/mol. The smallest absolute Gasteiger partial charge is 0.350 e. The van der Waals surface area contributed by atoms with E-state index in [1.807, 2.05) is 19.1 Å². The minimum atomic E-state index is -0.606. The Morgan fingerprint density at radius 2 is 1.97 bits per heavy atom. The van der Waals surface area contributed by atoms with Crippen LogP contribution in [0.15, 0.2) is 65.7 Å². The van der Waals surface area contributed by atoms with Crippen molar-refractivity contribution in [2.45, 2.75) is 19.4 Å². The van der Waals surface area contributed by atoms with Crippen LogP contribution < -0.4 is 21.5 Å². The Morgan fingerprint density at radius 1 is 1.23 bits per heavy atom. The van der Waals surface area contributed by atoms with E-state index < -0.39 is 18.4 Å². The van der Waals surface area contributed by atoms with E-state index in [0.717, 1.165) is 22.2 Å². The molecule has 0 unspecified atom stereocenters. The van der Waals surface area contributed by atoms with Crippen LogP contribution in [0.2, 0.25) is 0 Å². The molecule has 0 amide bonds. The Kier molecular flexibility index (Phi) is 7.15. The van der Waals surface area contributed by atoms with Gasteiger partial charge in [-0.15, -0.1) is 9.78 Å². The third-order valence-electron chi connectivity index (χ3n) is 5.23. The summed E-state index contributed by atoms with van der Waals surface area (Å²) in [5.41, 5.74) is 8.09. The van der Waals surface area contributed by atoms with Gasteiger partial charge in [-0.2, -0.15) is 0 Å². The minimum Gasteiger partial charge on any atom is -0.491 e. The number of benzene rings is 2. The molecule has 10 nitrogen and oxygen atoms in total. The van der Waals surface area contributed by atoms with Crippen molar-refractivity contribution in [1.82, 2.24) is 24.7 Å². The highest BCUT2D eigenvalue weighted by atomic mass is 19.1. The minimum absolute atomic E-state index is 0.0377. The van der Waals surface area contributed by atoms with Gasteiger partial charge in [-0.3, -0.25) is 10.4 Å². The molecular formula is C24H25FN8O2. The molecule has 0 saturated heterocycles. The summed E-state index contributed by atoms with van der Waals surface area (Å²) < 4.78 is 19.4. The first-order valence-electron chi connectivity index (χ1n) is 11.0. The van der Waals surface area contributed by atoms with Crippen molar-refractivity contribution in [2.24, 2.45) is 5.73 Å². The molecule has 4 aromatic rings. The van der Waals surface area contributed by atoms with E-state index in [4.69, 9.17) is 15.9 Å². The molecule has 0 aliphatic carbocycles. The number of nitrogens with one attached hydrogen (secondary N) is 3. The zero-order chi connectivity index (χ0) is 24.8. The van der Waals surface area contributed by atoms with Gasteiger partial charge in [0.2, 0.25) is 0 Å². The lowest BCUT2D eigenvalue weighted by Gasteiger charge is -2.20. The second kappa shape index (κ2) is 10.6. The molecule has 180 valence electrons. The topological polar surface area (TPSA) is 148 Å². The van der Waals surface area contributed by atoms with Gasteiger partial charge in [0.25, 0.3) is 5.95 Å². The number of hydrogen-bond donors (Lipinski definition) is 4. The number of rotatable bonds is 10. The first kappa shape index (κ1) is 23.6. The predicted octanol–water partition coefficient (Wildman–Crippen LogP) is 2.75. The number of halogens is 1. The average molecular weight is 477 g/mol. The molecule has 2 aromatic heterocycles. The molecule has 1 atom stereocenters. The number of amidine groups is 1. The maximum absolute atomic E-state index is 12.7. The number of H-pyrrole nitrogens is 1. The van der Waals surface area contributed by atoms with Crippen LogP contribution in [0, 0.1) is 5.41 Å². The SMILES string of the molecule is CCc1cc(OCCF)cc([C@H](Nc2ccc(C(=N)N)cc2)c2nn(-c3ncccn3)c(=O)[nH]2)c1. The summed E-state index contributed by atoms with van der Waals surface area (Å²) in [4.78, 5) is 23.7. The maximum Gasteiger partial charge on any atom is 0.350 e. The van der Waals surface area contributed by atoms with Crippen LogP contribution in [-0.4, -0.2) is 43.8 Å². The Morgan fingerprint density at radius 3 is 2.63 bits per heavy atom. The third-order valence-corrected chi connectivity index (χ3v) is 5.23. The highest BCUT2D eigenvalue weighted by Gasteiger charge is 2.22. The van der Waals surface area contributed by atoms with Crippen molar-refractivity contribution < 1.29 is 9.13 Å². The van der Waals surface area contributed by atoms with Crippen LogP contribution >= 0.6 is 0 Å². The summed E-state index contributed by atoms with van der Waals surface area (Å²) in [6.07, 6.45) is 3.77. The molecule has 0 spiro atoms. The molecular weight excluding hydrogens is 451 g/mol. The fourth-order valence-electron chi connectivity index (χ4n) is 3.53. The molecule has 2 aromatic carbocycles. The van der Waals surface area contributed by atoms with Crippen LogP contribution in [0.1, 0.15) is 35.5 Å². The number of aromatic nitrogens is 5. The molecule has 11 heteroatoms. The average Bonchev–Trinajstić information content (AvgIpc) is 3.27. The van der Waals surface area contributed by atoms with Gasteiger partial charge in [-0.05, 0) is 60.0 Å². The maximum atomic E-state index is 12.7. The highest BCUT2D eigenvalue weighted by Crippen LogP contribution is 2.29. The van der Waals surface area contributed by atoms with Gasteiger partial charge in [0.05, 0.1) is 0 Å². The van der Waals surface area contributed by atoms with E-state index in [1.165, 1.54) is 12.4 Å². The Balaban J connectivity index is 1.79. The Labute approximate surface area is 200 Å². The van der Waals surface area contributed by atoms with Crippen LogP contribution in [0.3, 0.4) is 0 Å². The Bertz CT molecular complexity index is 1350. The number of alkyl halides is 1. The van der Waals surface area contributed by atoms with E-state index >= 15 is 0 Å². The van der Waals surface area contributed by atoms with Gasteiger partial charge in [0.1, 0.15) is 30.9 Å². The summed E-state index contributed by atoms with van der Waals surface area (Å²) in [5, 5.41) is 15.4. The van der Waals surface area contributed by atoms with E-state index in [2.05, 4.69) is 25.4 Å². The Hall–Kier alpha value is -4.54. The molecule has 0 bridgehead atoms. The largest absolute Gasteiger partial charge is 0.491 e. The fraction of sp³-hybridized carbons (Fsp3) is 0.208. The highest BCUT2D eigenvalue weighted by molar-refractivity contribution is 5.95. The molecule has 35 heavy (non-hydrogen) atoms. The van der Waals surface area contributed by atoms with Crippen molar-refractivity contribution in [2.75, 3.05) is 18.6 Å². The molecule has 0 aliphatic rings. The third kappa shape index (κ3) is 5.52. The molecule has 4 rings (SSSR count). The summed E-state index contributed by atoms with van der Waals surface area (Å²) in [6, 6.07) is 13.7. The van der Waals surface area contributed by atoms with Crippen LogP contribution in [0.4, 0.5) is 10.1 Å². The molecule has 0 aliphatic heterocycles. The van der Waals surface area contributed by atoms with Gasteiger partial charge in [-0.1, -0.05) is 13.0 Å². The van der Waals surface area contributed by atoms with E-state index in [1.54, 1.807) is 36.4 Å². The van der Waals surface area contributed by atoms with Crippen LogP contribution in [0.5, 0.6) is 5.75 Å². The number of nitrogens with zero attached hydrogens (tertiary/aromatic N) is 4. The number of aromatic amines is 1. The standard InChI is InChI=1S/C24H25FN8O2/c1-2-15-12-17(14-19(13-15)35-11-8-25)20(30-18-6-4-16(5-7-18)21(26)27)22-31-24(34)33(32-22)23-28-9-3-10-29-23/h3-7,9-10,12-14,20,30H,2,8,11H2,1H3,(H3,26,27)(H,31,32,34)/t20-/m0/s1. The van der Waals surface area contributed by atoms with Gasteiger partial charge < -0.3 is 15.8 Å². The normalized spacial score (nSPS) is 11.7.